The van der Waals surface area contributed by atoms with Crippen LogP contribution in [-0.2, 0) is 4.79 Å². The number of β-lactam (4-membered cyclic amide) rings is 1. The lowest BCUT2D eigenvalue weighted by Gasteiger charge is -2.46. The Labute approximate surface area is 123 Å². The second kappa shape index (κ2) is 5.58. The fourth-order valence-corrected chi connectivity index (χ4v) is 2.79. The van der Waals surface area contributed by atoms with E-state index in [1.807, 2.05) is 54.6 Å². The van der Waals surface area contributed by atoms with Crippen molar-refractivity contribution in [3.63, 3.8) is 0 Å². The molecule has 2 atom stereocenters. The molecule has 0 spiro atoms. The number of hydrogen-bond donors (Lipinski definition) is 1. The SMILES string of the molecule is COc1ccc(N2C(=O)[C@H](CO)[C@@H]2c2ccccc2)cc1. The van der Waals surface area contributed by atoms with Gasteiger partial charge in [0.2, 0.25) is 5.91 Å². The van der Waals surface area contributed by atoms with Crippen LogP contribution in [0.15, 0.2) is 54.6 Å². The third-order valence-corrected chi connectivity index (χ3v) is 3.90. The van der Waals surface area contributed by atoms with Crippen molar-refractivity contribution < 1.29 is 14.6 Å². The fourth-order valence-electron chi connectivity index (χ4n) is 2.79. The van der Waals surface area contributed by atoms with Crippen LogP contribution in [0, 0.1) is 5.92 Å². The van der Waals surface area contributed by atoms with E-state index in [2.05, 4.69) is 0 Å². The van der Waals surface area contributed by atoms with Crippen LogP contribution in [0.2, 0.25) is 0 Å². The van der Waals surface area contributed by atoms with Crippen LogP contribution < -0.4 is 9.64 Å². The highest BCUT2D eigenvalue weighted by Gasteiger charge is 2.48. The van der Waals surface area contributed by atoms with E-state index in [1.165, 1.54) is 0 Å². The molecular formula is C17H17NO3. The zero-order valence-corrected chi connectivity index (χ0v) is 11.8. The minimum Gasteiger partial charge on any atom is -0.497 e. The summed E-state index contributed by atoms with van der Waals surface area (Å²) >= 11 is 0. The van der Waals surface area contributed by atoms with Gasteiger partial charge in [-0.15, -0.1) is 0 Å². The molecule has 1 aliphatic heterocycles. The number of anilines is 1. The van der Waals surface area contributed by atoms with Gasteiger partial charge in [-0.25, -0.2) is 0 Å². The van der Waals surface area contributed by atoms with E-state index in [4.69, 9.17) is 4.74 Å². The summed E-state index contributed by atoms with van der Waals surface area (Å²) in [4.78, 5) is 14.0. The predicted molar refractivity (Wildman–Crippen MR) is 80.2 cm³/mol. The predicted octanol–water partition coefficient (Wildman–Crippen LogP) is 2.39. The largest absolute Gasteiger partial charge is 0.497 e. The van der Waals surface area contributed by atoms with Gasteiger partial charge < -0.3 is 14.7 Å². The highest BCUT2D eigenvalue weighted by molar-refractivity contribution is 6.03. The van der Waals surface area contributed by atoms with Crippen molar-refractivity contribution in [2.45, 2.75) is 6.04 Å². The Balaban J connectivity index is 1.94. The summed E-state index contributed by atoms with van der Waals surface area (Å²) < 4.78 is 5.14. The first-order valence-electron chi connectivity index (χ1n) is 6.89. The van der Waals surface area contributed by atoms with Crippen molar-refractivity contribution in [2.75, 3.05) is 18.6 Å². The van der Waals surface area contributed by atoms with E-state index in [0.717, 1.165) is 17.0 Å². The lowest BCUT2D eigenvalue weighted by atomic mass is 9.82. The number of carbonyl (C=O) groups is 1. The van der Waals surface area contributed by atoms with Gasteiger partial charge in [-0.2, -0.15) is 0 Å². The Morgan fingerprint density at radius 1 is 1.10 bits per heavy atom. The molecule has 1 heterocycles. The monoisotopic (exact) mass is 283 g/mol. The third-order valence-electron chi connectivity index (χ3n) is 3.90. The second-order valence-electron chi connectivity index (χ2n) is 5.05. The van der Waals surface area contributed by atoms with E-state index >= 15 is 0 Å². The lowest BCUT2D eigenvalue weighted by Crippen LogP contribution is -2.56. The fraction of sp³-hybridized carbons (Fsp3) is 0.235. The van der Waals surface area contributed by atoms with E-state index in [0.29, 0.717) is 0 Å². The van der Waals surface area contributed by atoms with Gasteiger partial charge >= 0.3 is 0 Å². The van der Waals surface area contributed by atoms with Crippen LogP contribution in [0.1, 0.15) is 11.6 Å². The zero-order chi connectivity index (χ0) is 14.8. The molecule has 4 nitrogen and oxygen atoms in total. The number of hydrogen-bond acceptors (Lipinski definition) is 3. The van der Waals surface area contributed by atoms with Gasteiger partial charge in [-0.3, -0.25) is 4.79 Å². The molecule has 0 radical (unpaired) electrons. The molecule has 0 saturated carbocycles. The molecule has 4 heteroatoms. The van der Waals surface area contributed by atoms with Crippen molar-refractivity contribution in [1.82, 2.24) is 0 Å². The summed E-state index contributed by atoms with van der Waals surface area (Å²) in [6.07, 6.45) is 0. The molecule has 21 heavy (non-hydrogen) atoms. The summed E-state index contributed by atoms with van der Waals surface area (Å²) in [5.41, 5.74) is 1.85. The first-order chi connectivity index (χ1) is 10.3. The smallest absolute Gasteiger partial charge is 0.235 e. The molecular weight excluding hydrogens is 266 g/mol. The number of amides is 1. The number of rotatable bonds is 4. The van der Waals surface area contributed by atoms with Gasteiger partial charge in [-0.05, 0) is 29.8 Å². The molecule has 1 N–H and O–H groups in total. The summed E-state index contributed by atoms with van der Waals surface area (Å²) in [6, 6.07) is 17.1. The van der Waals surface area contributed by atoms with Gasteiger partial charge in [0, 0.05) is 5.69 Å². The van der Waals surface area contributed by atoms with Crippen LogP contribution in [0.3, 0.4) is 0 Å². The molecule has 0 unspecified atom stereocenters. The molecule has 2 aromatic carbocycles. The van der Waals surface area contributed by atoms with Crippen molar-refractivity contribution in [3.8, 4) is 5.75 Å². The highest BCUT2D eigenvalue weighted by atomic mass is 16.5. The maximum Gasteiger partial charge on any atom is 0.235 e. The van der Waals surface area contributed by atoms with Gasteiger partial charge in [0.25, 0.3) is 0 Å². The van der Waals surface area contributed by atoms with Gasteiger partial charge in [0.1, 0.15) is 5.75 Å². The summed E-state index contributed by atoms with van der Waals surface area (Å²) in [5.74, 6) is 0.340. The average molecular weight is 283 g/mol. The summed E-state index contributed by atoms with van der Waals surface area (Å²) in [7, 11) is 1.61. The number of ether oxygens (including phenoxy) is 1. The topological polar surface area (TPSA) is 49.8 Å². The summed E-state index contributed by atoms with van der Waals surface area (Å²) in [6.45, 7) is -0.134. The van der Waals surface area contributed by atoms with Crippen LogP contribution in [0.25, 0.3) is 0 Å². The Kier molecular flexibility index (Phi) is 3.62. The maximum absolute atomic E-state index is 12.3. The standard InChI is InChI=1S/C17H17NO3/c1-21-14-9-7-13(8-10-14)18-16(15(11-19)17(18)20)12-5-3-2-4-6-12/h2-10,15-16,19H,11H2,1H3/t15-,16+/m1/s1. The summed E-state index contributed by atoms with van der Waals surface area (Å²) in [5, 5.41) is 9.47. The second-order valence-corrected chi connectivity index (χ2v) is 5.05. The third kappa shape index (κ3) is 2.28. The molecule has 1 fully saturated rings. The van der Waals surface area contributed by atoms with Crippen molar-refractivity contribution in [3.05, 3.63) is 60.2 Å². The first kappa shape index (κ1) is 13.6. The number of aliphatic hydroxyl groups is 1. The molecule has 1 saturated heterocycles. The molecule has 3 rings (SSSR count). The number of benzene rings is 2. The lowest BCUT2D eigenvalue weighted by molar-refractivity contribution is -0.132. The molecule has 0 bridgehead atoms. The molecule has 108 valence electrons. The zero-order valence-electron chi connectivity index (χ0n) is 11.8. The Morgan fingerprint density at radius 3 is 2.33 bits per heavy atom. The Bertz CT molecular complexity index is 624. The maximum atomic E-state index is 12.3. The van der Waals surface area contributed by atoms with E-state index in [9.17, 15) is 9.90 Å². The average Bonchev–Trinajstić information content (AvgIpc) is 2.54. The first-order valence-corrected chi connectivity index (χ1v) is 6.89. The minimum absolute atomic E-state index is 0.0449. The molecule has 0 aliphatic carbocycles. The number of carbonyl (C=O) groups excluding carboxylic acids is 1. The van der Waals surface area contributed by atoms with Gasteiger partial charge in [0.05, 0.1) is 25.7 Å². The van der Waals surface area contributed by atoms with E-state index in [1.54, 1.807) is 12.0 Å². The van der Waals surface area contributed by atoms with Gasteiger partial charge in [0.15, 0.2) is 0 Å². The van der Waals surface area contributed by atoms with Crippen LogP contribution in [0.4, 0.5) is 5.69 Å². The van der Waals surface area contributed by atoms with Gasteiger partial charge in [-0.1, -0.05) is 30.3 Å². The van der Waals surface area contributed by atoms with Crippen LogP contribution in [0.5, 0.6) is 5.75 Å². The normalized spacial score (nSPS) is 21.0. The van der Waals surface area contributed by atoms with Crippen molar-refractivity contribution in [2.24, 2.45) is 5.92 Å². The molecule has 2 aromatic rings. The molecule has 0 aromatic heterocycles. The van der Waals surface area contributed by atoms with Crippen LogP contribution in [-0.4, -0.2) is 24.7 Å². The Hall–Kier alpha value is -2.33. The van der Waals surface area contributed by atoms with E-state index < -0.39 is 0 Å². The number of nitrogens with zero attached hydrogens (tertiary/aromatic N) is 1. The quantitative estimate of drug-likeness (QED) is 0.877. The van der Waals surface area contributed by atoms with E-state index in [-0.39, 0.29) is 24.5 Å². The molecule has 1 aliphatic rings. The number of aliphatic hydroxyl groups excluding tert-OH is 1. The number of methoxy groups -OCH3 is 1. The minimum atomic E-state index is -0.366. The van der Waals surface area contributed by atoms with Crippen molar-refractivity contribution in [1.29, 1.82) is 0 Å². The van der Waals surface area contributed by atoms with Crippen LogP contribution >= 0.6 is 0 Å². The molecule has 1 amide bonds. The highest BCUT2D eigenvalue weighted by Crippen LogP contribution is 2.43. The van der Waals surface area contributed by atoms with Crippen molar-refractivity contribution >= 4 is 11.6 Å². The Morgan fingerprint density at radius 2 is 1.76 bits per heavy atom.